The van der Waals surface area contributed by atoms with E-state index in [0.717, 1.165) is 22.5 Å². The zero-order chi connectivity index (χ0) is 21.0. The molecule has 0 saturated heterocycles. The van der Waals surface area contributed by atoms with Gasteiger partial charge in [-0.15, -0.1) is 0 Å². The standard InChI is InChI=1S/C22H23ClN4O2/c1-14-10-15(2)12-19(11-14)27-20(13-16(3)26-27)25-21(28)8-9-24-22(29)17-4-6-18(23)7-5-17/h4-7,10-13H,8-9H2,1-3H3,(H,24,29)(H,25,28). The van der Waals surface area contributed by atoms with Crippen molar-refractivity contribution in [2.45, 2.75) is 27.2 Å². The second-order valence-electron chi connectivity index (χ2n) is 6.99. The third-order valence-corrected chi connectivity index (χ3v) is 4.55. The third-order valence-electron chi connectivity index (χ3n) is 4.29. The predicted molar refractivity (Wildman–Crippen MR) is 115 cm³/mol. The van der Waals surface area contributed by atoms with Crippen LogP contribution in [-0.2, 0) is 4.79 Å². The molecule has 0 radical (unpaired) electrons. The smallest absolute Gasteiger partial charge is 0.251 e. The number of carbonyl (C=O) groups excluding carboxylic acids is 2. The topological polar surface area (TPSA) is 76.0 Å². The van der Waals surface area contributed by atoms with Crippen LogP contribution in [0.5, 0.6) is 0 Å². The van der Waals surface area contributed by atoms with Crippen LogP contribution in [0.2, 0.25) is 5.02 Å². The Hall–Kier alpha value is -3.12. The van der Waals surface area contributed by atoms with Crippen LogP contribution in [0.25, 0.3) is 5.69 Å². The quantitative estimate of drug-likeness (QED) is 0.639. The van der Waals surface area contributed by atoms with E-state index in [1.54, 1.807) is 28.9 Å². The fourth-order valence-electron chi connectivity index (χ4n) is 3.06. The number of hydrogen-bond acceptors (Lipinski definition) is 3. The summed E-state index contributed by atoms with van der Waals surface area (Å²) in [7, 11) is 0. The summed E-state index contributed by atoms with van der Waals surface area (Å²) in [4.78, 5) is 24.5. The number of aromatic nitrogens is 2. The van der Waals surface area contributed by atoms with Crippen molar-refractivity contribution in [2.24, 2.45) is 0 Å². The lowest BCUT2D eigenvalue weighted by molar-refractivity contribution is -0.116. The molecule has 6 nitrogen and oxygen atoms in total. The molecule has 1 heterocycles. The fraction of sp³-hybridized carbons (Fsp3) is 0.227. The van der Waals surface area contributed by atoms with Gasteiger partial charge in [-0.2, -0.15) is 5.10 Å². The number of carbonyl (C=O) groups is 2. The number of amides is 2. The molecular formula is C22H23ClN4O2. The molecule has 0 aliphatic heterocycles. The number of halogens is 1. The van der Waals surface area contributed by atoms with Gasteiger partial charge in [-0.05, 0) is 68.3 Å². The first kappa shape index (κ1) is 20.6. The predicted octanol–water partition coefficient (Wildman–Crippen LogP) is 4.21. The van der Waals surface area contributed by atoms with Gasteiger partial charge in [-0.3, -0.25) is 9.59 Å². The molecule has 29 heavy (non-hydrogen) atoms. The second-order valence-corrected chi connectivity index (χ2v) is 7.43. The maximum absolute atomic E-state index is 12.4. The largest absolute Gasteiger partial charge is 0.352 e. The molecule has 2 amide bonds. The molecule has 2 N–H and O–H groups in total. The summed E-state index contributed by atoms with van der Waals surface area (Å²) >= 11 is 5.82. The third kappa shape index (κ3) is 5.45. The minimum absolute atomic E-state index is 0.149. The highest BCUT2D eigenvalue weighted by Gasteiger charge is 2.12. The first-order valence-electron chi connectivity index (χ1n) is 9.31. The molecule has 0 bridgehead atoms. The number of nitrogens with one attached hydrogen (secondary N) is 2. The number of rotatable bonds is 6. The van der Waals surface area contributed by atoms with Crippen LogP contribution in [-0.4, -0.2) is 28.1 Å². The minimum atomic E-state index is -0.245. The van der Waals surface area contributed by atoms with E-state index in [2.05, 4.69) is 21.8 Å². The van der Waals surface area contributed by atoms with Crippen molar-refractivity contribution in [2.75, 3.05) is 11.9 Å². The molecule has 0 aliphatic carbocycles. The Balaban J connectivity index is 1.61. The van der Waals surface area contributed by atoms with Crippen molar-refractivity contribution < 1.29 is 9.59 Å². The van der Waals surface area contributed by atoms with Crippen LogP contribution in [0.1, 0.15) is 33.6 Å². The van der Waals surface area contributed by atoms with E-state index in [9.17, 15) is 9.59 Å². The summed E-state index contributed by atoms with van der Waals surface area (Å²) in [6.07, 6.45) is 0.149. The van der Waals surface area contributed by atoms with Gasteiger partial charge in [0.05, 0.1) is 11.4 Å². The Morgan fingerprint density at radius 2 is 1.66 bits per heavy atom. The van der Waals surface area contributed by atoms with Crippen molar-refractivity contribution in [3.63, 3.8) is 0 Å². The highest BCUT2D eigenvalue weighted by molar-refractivity contribution is 6.30. The van der Waals surface area contributed by atoms with Gasteiger partial charge in [0.2, 0.25) is 5.91 Å². The molecule has 0 unspecified atom stereocenters. The average molecular weight is 411 g/mol. The molecule has 3 rings (SSSR count). The van der Waals surface area contributed by atoms with Gasteiger partial charge in [-0.25, -0.2) is 4.68 Å². The van der Waals surface area contributed by atoms with Gasteiger partial charge in [0, 0.05) is 29.6 Å². The van der Waals surface area contributed by atoms with Gasteiger partial charge in [0.1, 0.15) is 5.82 Å². The van der Waals surface area contributed by atoms with E-state index in [-0.39, 0.29) is 24.8 Å². The molecule has 150 valence electrons. The number of benzene rings is 2. The summed E-state index contributed by atoms with van der Waals surface area (Å²) in [5, 5.41) is 10.7. The maximum Gasteiger partial charge on any atom is 0.251 e. The lowest BCUT2D eigenvalue weighted by Crippen LogP contribution is -2.28. The molecule has 0 fully saturated rings. The highest BCUT2D eigenvalue weighted by Crippen LogP contribution is 2.20. The number of anilines is 1. The van der Waals surface area contributed by atoms with E-state index in [1.807, 2.05) is 39.0 Å². The van der Waals surface area contributed by atoms with Crippen molar-refractivity contribution in [1.29, 1.82) is 0 Å². The van der Waals surface area contributed by atoms with Gasteiger partial charge in [0.25, 0.3) is 5.91 Å². The Morgan fingerprint density at radius 1 is 1.00 bits per heavy atom. The first-order chi connectivity index (χ1) is 13.8. The molecule has 3 aromatic rings. The van der Waals surface area contributed by atoms with E-state index in [1.165, 1.54) is 0 Å². The van der Waals surface area contributed by atoms with Crippen molar-refractivity contribution in [3.8, 4) is 5.69 Å². The summed E-state index contributed by atoms with van der Waals surface area (Å²) < 4.78 is 1.72. The molecule has 7 heteroatoms. The van der Waals surface area contributed by atoms with Crippen LogP contribution >= 0.6 is 11.6 Å². The molecule has 2 aromatic carbocycles. The van der Waals surface area contributed by atoms with Crippen LogP contribution in [0.4, 0.5) is 5.82 Å². The lowest BCUT2D eigenvalue weighted by atomic mass is 10.1. The average Bonchev–Trinajstić information content (AvgIpc) is 3.01. The minimum Gasteiger partial charge on any atom is -0.352 e. The molecule has 0 saturated carbocycles. The zero-order valence-electron chi connectivity index (χ0n) is 16.6. The summed E-state index contributed by atoms with van der Waals surface area (Å²) in [6, 6.07) is 14.5. The number of nitrogens with zero attached hydrogens (tertiary/aromatic N) is 2. The summed E-state index contributed by atoms with van der Waals surface area (Å²) in [5.74, 6) is 0.152. The Morgan fingerprint density at radius 3 is 2.31 bits per heavy atom. The van der Waals surface area contributed by atoms with Gasteiger partial charge < -0.3 is 10.6 Å². The van der Waals surface area contributed by atoms with Crippen LogP contribution in [0, 0.1) is 20.8 Å². The maximum atomic E-state index is 12.4. The van der Waals surface area contributed by atoms with Crippen molar-refractivity contribution in [3.05, 3.63) is 75.9 Å². The first-order valence-corrected chi connectivity index (χ1v) is 9.68. The number of hydrogen-bond donors (Lipinski definition) is 2. The van der Waals surface area contributed by atoms with Crippen molar-refractivity contribution in [1.82, 2.24) is 15.1 Å². The van der Waals surface area contributed by atoms with Gasteiger partial charge in [-0.1, -0.05) is 17.7 Å². The van der Waals surface area contributed by atoms with Crippen molar-refractivity contribution >= 4 is 29.2 Å². The van der Waals surface area contributed by atoms with E-state index < -0.39 is 0 Å². The normalized spacial score (nSPS) is 10.6. The Kier molecular flexibility index (Phi) is 6.34. The number of aryl methyl sites for hydroxylation is 3. The fourth-order valence-corrected chi connectivity index (χ4v) is 3.18. The van der Waals surface area contributed by atoms with Gasteiger partial charge >= 0.3 is 0 Å². The van der Waals surface area contributed by atoms with Crippen LogP contribution in [0.15, 0.2) is 48.5 Å². The molecule has 1 aromatic heterocycles. The monoisotopic (exact) mass is 410 g/mol. The lowest BCUT2D eigenvalue weighted by Gasteiger charge is -2.11. The Bertz CT molecular complexity index is 1020. The zero-order valence-corrected chi connectivity index (χ0v) is 17.4. The molecular weight excluding hydrogens is 388 g/mol. The van der Waals surface area contributed by atoms with Crippen LogP contribution in [0.3, 0.4) is 0 Å². The Labute approximate surface area is 174 Å². The summed E-state index contributed by atoms with van der Waals surface area (Å²) in [6.45, 7) is 6.15. The van der Waals surface area contributed by atoms with E-state index in [4.69, 9.17) is 11.6 Å². The van der Waals surface area contributed by atoms with Gasteiger partial charge in [0.15, 0.2) is 0 Å². The van der Waals surface area contributed by atoms with E-state index >= 15 is 0 Å². The summed E-state index contributed by atoms with van der Waals surface area (Å²) in [5.41, 5.74) is 4.43. The highest BCUT2D eigenvalue weighted by atomic mass is 35.5. The second kappa shape index (κ2) is 8.92. The van der Waals surface area contributed by atoms with E-state index in [0.29, 0.717) is 16.4 Å². The molecule has 0 atom stereocenters. The SMILES string of the molecule is Cc1cc(C)cc(-n2nc(C)cc2NC(=O)CCNC(=O)c2ccc(Cl)cc2)c1. The van der Waals surface area contributed by atoms with Crippen LogP contribution < -0.4 is 10.6 Å². The molecule has 0 spiro atoms. The molecule has 0 aliphatic rings.